The third kappa shape index (κ3) is 2.09. The Morgan fingerprint density at radius 2 is 2.17 bits per heavy atom. The molecule has 0 aliphatic heterocycles. The molecule has 0 aliphatic rings. The highest BCUT2D eigenvalue weighted by Crippen LogP contribution is 2.30. The number of hydrogen-bond acceptors (Lipinski definition) is 3. The van der Waals surface area contributed by atoms with Crippen LogP contribution in [0.5, 0.6) is 5.75 Å². The molecule has 0 atom stereocenters. The summed E-state index contributed by atoms with van der Waals surface area (Å²) >= 11 is 6.04. The van der Waals surface area contributed by atoms with Crippen molar-refractivity contribution in [2.24, 2.45) is 5.73 Å². The number of nitrogens with one attached hydrogen (secondary N) is 1. The van der Waals surface area contributed by atoms with Crippen LogP contribution in [0.15, 0.2) is 16.9 Å². The molecule has 0 bridgehead atoms. The van der Waals surface area contributed by atoms with Crippen LogP contribution in [0.3, 0.4) is 0 Å². The number of aromatic nitrogens is 1. The van der Waals surface area contributed by atoms with Gasteiger partial charge >= 0.3 is 0 Å². The Bertz CT molecular complexity index is 649. The summed E-state index contributed by atoms with van der Waals surface area (Å²) in [6.45, 7) is 2.36. The summed E-state index contributed by atoms with van der Waals surface area (Å²) < 4.78 is 5.19. The second-order valence-corrected chi connectivity index (χ2v) is 4.54. The Kier molecular flexibility index (Phi) is 3.59. The SMILES string of the molecule is COc1cc2c(C)c(CCN)c(=O)[nH]c2cc1Cl. The molecular weight excluding hydrogens is 252 g/mol. The van der Waals surface area contributed by atoms with E-state index in [0.717, 1.165) is 16.5 Å². The molecule has 5 heteroatoms. The van der Waals surface area contributed by atoms with Crippen LogP contribution in [-0.2, 0) is 6.42 Å². The van der Waals surface area contributed by atoms with E-state index in [1.165, 1.54) is 0 Å². The first-order valence-corrected chi connectivity index (χ1v) is 6.05. The van der Waals surface area contributed by atoms with E-state index in [1.54, 1.807) is 13.2 Å². The van der Waals surface area contributed by atoms with Gasteiger partial charge in [0.25, 0.3) is 5.56 Å². The van der Waals surface area contributed by atoms with E-state index < -0.39 is 0 Å². The number of ether oxygens (including phenoxy) is 1. The van der Waals surface area contributed by atoms with Gasteiger partial charge in [-0.15, -0.1) is 0 Å². The van der Waals surface area contributed by atoms with E-state index in [9.17, 15) is 4.79 Å². The molecular formula is C13H15ClN2O2. The highest BCUT2D eigenvalue weighted by atomic mass is 35.5. The summed E-state index contributed by atoms with van der Waals surface area (Å²) in [5, 5.41) is 1.41. The fraction of sp³-hybridized carbons (Fsp3) is 0.308. The molecule has 0 fully saturated rings. The zero-order chi connectivity index (χ0) is 13.3. The summed E-state index contributed by atoms with van der Waals surface area (Å²) in [7, 11) is 1.56. The number of fused-ring (bicyclic) bond motifs is 1. The second-order valence-electron chi connectivity index (χ2n) is 4.13. The van der Waals surface area contributed by atoms with Crippen LogP contribution in [0.2, 0.25) is 5.02 Å². The molecule has 0 saturated heterocycles. The number of hydrogen-bond donors (Lipinski definition) is 2. The van der Waals surface area contributed by atoms with Gasteiger partial charge in [-0.3, -0.25) is 4.79 Å². The maximum atomic E-state index is 11.9. The van der Waals surface area contributed by atoms with Crippen LogP contribution in [0.1, 0.15) is 11.1 Å². The number of methoxy groups -OCH3 is 1. The largest absolute Gasteiger partial charge is 0.495 e. The molecule has 1 aromatic heterocycles. The van der Waals surface area contributed by atoms with E-state index in [-0.39, 0.29) is 5.56 Å². The van der Waals surface area contributed by atoms with Gasteiger partial charge in [-0.25, -0.2) is 0 Å². The molecule has 18 heavy (non-hydrogen) atoms. The molecule has 2 aromatic rings. The van der Waals surface area contributed by atoms with E-state index >= 15 is 0 Å². The van der Waals surface area contributed by atoms with Crippen molar-refractivity contribution in [3.63, 3.8) is 0 Å². The zero-order valence-electron chi connectivity index (χ0n) is 10.3. The van der Waals surface area contributed by atoms with Gasteiger partial charge in [-0.05, 0) is 37.6 Å². The van der Waals surface area contributed by atoms with Crippen molar-refractivity contribution >= 4 is 22.5 Å². The zero-order valence-corrected chi connectivity index (χ0v) is 11.1. The quantitative estimate of drug-likeness (QED) is 0.893. The van der Waals surface area contributed by atoms with Gasteiger partial charge < -0.3 is 15.5 Å². The topological polar surface area (TPSA) is 68.1 Å². The molecule has 0 radical (unpaired) electrons. The highest BCUT2D eigenvalue weighted by Gasteiger charge is 2.11. The van der Waals surface area contributed by atoms with Crippen LogP contribution in [0.25, 0.3) is 10.9 Å². The van der Waals surface area contributed by atoms with Crippen molar-refractivity contribution in [1.82, 2.24) is 4.98 Å². The van der Waals surface area contributed by atoms with Gasteiger partial charge in [-0.2, -0.15) is 0 Å². The normalized spacial score (nSPS) is 10.9. The van der Waals surface area contributed by atoms with E-state index in [0.29, 0.717) is 29.3 Å². The lowest BCUT2D eigenvalue weighted by Gasteiger charge is -2.10. The standard InChI is InChI=1S/C13H15ClN2O2/c1-7-8(3-4-15)13(17)16-11-6-10(14)12(18-2)5-9(7)11/h5-6H,3-4,15H2,1-2H3,(H,16,17). The molecule has 3 N–H and O–H groups in total. The minimum absolute atomic E-state index is 0.105. The number of halogens is 1. The van der Waals surface area contributed by atoms with E-state index in [1.807, 2.05) is 13.0 Å². The first kappa shape index (κ1) is 12.9. The molecule has 2 rings (SSSR count). The molecule has 1 aromatic carbocycles. The number of pyridine rings is 1. The van der Waals surface area contributed by atoms with E-state index in [4.69, 9.17) is 22.1 Å². The average Bonchev–Trinajstić information content (AvgIpc) is 2.34. The van der Waals surface area contributed by atoms with Gasteiger partial charge in [0, 0.05) is 10.9 Å². The van der Waals surface area contributed by atoms with Crippen LogP contribution >= 0.6 is 11.6 Å². The highest BCUT2D eigenvalue weighted by molar-refractivity contribution is 6.32. The van der Waals surface area contributed by atoms with Crippen LogP contribution < -0.4 is 16.0 Å². The number of aryl methyl sites for hydroxylation is 1. The third-order valence-electron chi connectivity index (χ3n) is 3.07. The minimum Gasteiger partial charge on any atom is -0.495 e. The molecule has 0 aliphatic carbocycles. The number of benzene rings is 1. The Morgan fingerprint density at radius 1 is 1.44 bits per heavy atom. The second kappa shape index (κ2) is 5.00. The summed E-state index contributed by atoms with van der Waals surface area (Å²) in [6.07, 6.45) is 0.558. The third-order valence-corrected chi connectivity index (χ3v) is 3.36. The van der Waals surface area contributed by atoms with Crippen molar-refractivity contribution in [2.45, 2.75) is 13.3 Å². The minimum atomic E-state index is -0.105. The van der Waals surface area contributed by atoms with Crippen molar-refractivity contribution in [2.75, 3.05) is 13.7 Å². The van der Waals surface area contributed by atoms with Gasteiger partial charge in [0.15, 0.2) is 0 Å². The molecule has 0 unspecified atom stereocenters. The summed E-state index contributed by atoms with van der Waals surface area (Å²) in [5.41, 5.74) is 7.77. The van der Waals surface area contributed by atoms with Crippen LogP contribution in [0, 0.1) is 6.92 Å². The Hall–Kier alpha value is -1.52. The van der Waals surface area contributed by atoms with Crippen molar-refractivity contribution < 1.29 is 4.74 Å². The van der Waals surface area contributed by atoms with Crippen molar-refractivity contribution in [3.05, 3.63) is 38.6 Å². The number of aromatic amines is 1. The predicted molar refractivity (Wildman–Crippen MR) is 73.6 cm³/mol. The smallest absolute Gasteiger partial charge is 0.251 e. The fourth-order valence-corrected chi connectivity index (χ4v) is 2.34. The van der Waals surface area contributed by atoms with Gasteiger partial charge in [0.05, 0.1) is 17.6 Å². The fourth-order valence-electron chi connectivity index (χ4n) is 2.10. The molecule has 96 valence electrons. The number of H-pyrrole nitrogens is 1. The maximum absolute atomic E-state index is 11.9. The maximum Gasteiger partial charge on any atom is 0.251 e. The number of rotatable bonds is 3. The van der Waals surface area contributed by atoms with Crippen LogP contribution in [0.4, 0.5) is 0 Å². The predicted octanol–water partition coefficient (Wildman–Crippen LogP) is 2.00. The molecule has 0 amide bonds. The van der Waals surface area contributed by atoms with Crippen molar-refractivity contribution in [1.29, 1.82) is 0 Å². The first-order valence-electron chi connectivity index (χ1n) is 5.67. The first-order chi connectivity index (χ1) is 8.58. The Balaban J connectivity index is 2.79. The van der Waals surface area contributed by atoms with Gasteiger partial charge in [0.1, 0.15) is 5.75 Å². The van der Waals surface area contributed by atoms with Crippen LogP contribution in [-0.4, -0.2) is 18.6 Å². The number of nitrogens with two attached hydrogens (primary N) is 1. The monoisotopic (exact) mass is 266 g/mol. The lowest BCUT2D eigenvalue weighted by molar-refractivity contribution is 0.415. The van der Waals surface area contributed by atoms with Gasteiger partial charge in [-0.1, -0.05) is 11.6 Å². The molecule has 0 spiro atoms. The summed E-state index contributed by atoms with van der Waals surface area (Å²) in [5.74, 6) is 0.595. The molecule has 4 nitrogen and oxygen atoms in total. The van der Waals surface area contributed by atoms with E-state index in [2.05, 4.69) is 4.98 Å². The lowest BCUT2D eigenvalue weighted by Crippen LogP contribution is -2.18. The Labute approximate surface area is 110 Å². The van der Waals surface area contributed by atoms with Gasteiger partial charge in [0.2, 0.25) is 0 Å². The van der Waals surface area contributed by atoms with Crippen molar-refractivity contribution in [3.8, 4) is 5.75 Å². The lowest BCUT2D eigenvalue weighted by atomic mass is 10.0. The Morgan fingerprint density at radius 3 is 2.78 bits per heavy atom. The summed E-state index contributed by atoms with van der Waals surface area (Å²) in [6, 6.07) is 3.54. The summed E-state index contributed by atoms with van der Waals surface area (Å²) in [4.78, 5) is 14.7. The average molecular weight is 267 g/mol. The molecule has 0 saturated carbocycles. The molecule has 1 heterocycles.